The number of rotatable bonds is 10. The fourth-order valence-corrected chi connectivity index (χ4v) is 3.46. The van der Waals surface area contributed by atoms with Gasteiger partial charge in [-0.15, -0.1) is 24.0 Å². The number of halogens is 1. The average Bonchev–Trinajstić information content (AvgIpc) is 3.21. The lowest BCUT2D eigenvalue weighted by Crippen LogP contribution is -2.48. The largest absolute Gasteiger partial charge is 0.469 e. The lowest BCUT2D eigenvalue weighted by Gasteiger charge is -2.31. The second-order valence-corrected chi connectivity index (χ2v) is 8.88. The van der Waals surface area contributed by atoms with Gasteiger partial charge in [0.1, 0.15) is 11.4 Å². The molecule has 184 valence electrons. The van der Waals surface area contributed by atoms with Crippen molar-refractivity contribution < 1.29 is 18.7 Å². The highest BCUT2D eigenvalue weighted by Gasteiger charge is 2.25. The topological polar surface area (TPSA) is 97.1 Å². The molecule has 0 bridgehead atoms. The van der Waals surface area contributed by atoms with Crippen molar-refractivity contribution in [3.05, 3.63) is 24.2 Å². The molecule has 1 heterocycles. The first-order chi connectivity index (χ1) is 14.9. The van der Waals surface area contributed by atoms with Crippen molar-refractivity contribution >= 4 is 36.0 Å². The Labute approximate surface area is 209 Å². The molecule has 0 saturated heterocycles. The van der Waals surface area contributed by atoms with Gasteiger partial charge in [-0.1, -0.05) is 0 Å². The smallest absolute Gasteiger partial charge is 0.407 e. The number of furan rings is 1. The lowest BCUT2D eigenvalue weighted by molar-refractivity contribution is 0.0490. The Morgan fingerprint density at radius 1 is 1.19 bits per heavy atom. The van der Waals surface area contributed by atoms with Crippen LogP contribution >= 0.6 is 24.0 Å². The van der Waals surface area contributed by atoms with Crippen LogP contribution < -0.4 is 16.0 Å². The van der Waals surface area contributed by atoms with Gasteiger partial charge < -0.3 is 29.8 Å². The molecular formula is C23H41IN4O4. The van der Waals surface area contributed by atoms with Crippen LogP contribution in [0, 0.1) is 0 Å². The highest BCUT2D eigenvalue weighted by molar-refractivity contribution is 14.0. The van der Waals surface area contributed by atoms with Crippen LogP contribution in [0.4, 0.5) is 4.79 Å². The van der Waals surface area contributed by atoms with E-state index in [0.29, 0.717) is 12.6 Å². The minimum Gasteiger partial charge on any atom is -0.469 e. The molecule has 32 heavy (non-hydrogen) atoms. The van der Waals surface area contributed by atoms with Gasteiger partial charge >= 0.3 is 6.09 Å². The molecule has 0 atom stereocenters. The number of aliphatic imine (C=N–C) groups is 1. The normalized spacial score (nSPS) is 19.1. The Morgan fingerprint density at radius 2 is 1.88 bits per heavy atom. The van der Waals surface area contributed by atoms with Crippen LogP contribution in [0.25, 0.3) is 0 Å². The minimum absolute atomic E-state index is 0. The third kappa shape index (κ3) is 12.5. The van der Waals surface area contributed by atoms with Gasteiger partial charge in [0.15, 0.2) is 5.96 Å². The van der Waals surface area contributed by atoms with E-state index < -0.39 is 5.60 Å². The molecule has 2 rings (SSSR count). The summed E-state index contributed by atoms with van der Waals surface area (Å²) in [6.07, 6.45) is 6.84. The molecule has 0 unspecified atom stereocenters. The molecule has 1 aliphatic rings. The van der Waals surface area contributed by atoms with E-state index in [2.05, 4.69) is 16.0 Å². The summed E-state index contributed by atoms with van der Waals surface area (Å²) in [6, 6.07) is 4.37. The van der Waals surface area contributed by atoms with Gasteiger partial charge in [0.05, 0.1) is 6.26 Å². The molecule has 3 N–H and O–H groups in total. The van der Waals surface area contributed by atoms with Crippen molar-refractivity contribution in [2.45, 2.75) is 83.9 Å². The van der Waals surface area contributed by atoms with Crippen LogP contribution in [-0.4, -0.2) is 56.0 Å². The van der Waals surface area contributed by atoms with E-state index in [-0.39, 0.29) is 36.1 Å². The maximum absolute atomic E-state index is 12.0. The highest BCUT2D eigenvalue weighted by atomic mass is 127. The maximum atomic E-state index is 12.0. The molecule has 0 spiro atoms. The van der Waals surface area contributed by atoms with Gasteiger partial charge in [-0.25, -0.2) is 4.79 Å². The van der Waals surface area contributed by atoms with Crippen molar-refractivity contribution in [2.24, 2.45) is 4.99 Å². The number of nitrogens with zero attached hydrogens (tertiary/aromatic N) is 1. The van der Waals surface area contributed by atoms with Crippen molar-refractivity contribution in [3.8, 4) is 0 Å². The molecule has 1 amide bonds. The lowest BCUT2D eigenvalue weighted by atomic mass is 9.91. The fourth-order valence-electron chi connectivity index (χ4n) is 3.46. The Hall–Kier alpha value is -1.49. The number of guanidine groups is 1. The first-order valence-corrected chi connectivity index (χ1v) is 11.5. The molecular weight excluding hydrogens is 523 g/mol. The molecule has 1 aliphatic carbocycles. The number of alkyl carbamates (subject to hydrolysis) is 1. The summed E-state index contributed by atoms with van der Waals surface area (Å²) in [5.41, 5.74) is -0.475. The molecule has 0 aromatic carbocycles. The summed E-state index contributed by atoms with van der Waals surface area (Å²) < 4.78 is 16.2. The van der Waals surface area contributed by atoms with Crippen LogP contribution in [0.2, 0.25) is 0 Å². The van der Waals surface area contributed by atoms with Gasteiger partial charge in [-0.05, 0) is 71.9 Å². The van der Waals surface area contributed by atoms with Crippen LogP contribution in [0.15, 0.2) is 27.8 Å². The zero-order valence-corrected chi connectivity index (χ0v) is 22.3. The van der Waals surface area contributed by atoms with Crippen molar-refractivity contribution in [2.75, 3.05) is 26.3 Å². The van der Waals surface area contributed by atoms with E-state index in [1.807, 2.05) is 39.8 Å². The molecule has 8 nitrogen and oxygen atoms in total. The highest BCUT2D eigenvalue weighted by Crippen LogP contribution is 2.19. The third-order valence-electron chi connectivity index (χ3n) is 4.95. The van der Waals surface area contributed by atoms with E-state index in [1.54, 1.807) is 6.26 Å². The van der Waals surface area contributed by atoms with Gasteiger partial charge in [0.2, 0.25) is 0 Å². The van der Waals surface area contributed by atoms with Gasteiger partial charge in [0, 0.05) is 44.8 Å². The monoisotopic (exact) mass is 564 g/mol. The maximum Gasteiger partial charge on any atom is 0.407 e. The number of carbonyl (C=O) groups is 1. The molecule has 1 fully saturated rings. The summed E-state index contributed by atoms with van der Waals surface area (Å²) >= 11 is 0. The van der Waals surface area contributed by atoms with Crippen LogP contribution in [0.1, 0.15) is 65.6 Å². The van der Waals surface area contributed by atoms with Gasteiger partial charge in [-0.2, -0.15) is 0 Å². The second-order valence-electron chi connectivity index (χ2n) is 8.88. The number of carbonyl (C=O) groups excluding carboxylic acids is 1. The summed E-state index contributed by atoms with van der Waals surface area (Å²) in [6.45, 7) is 10.6. The quantitative estimate of drug-likeness (QED) is 0.170. The Morgan fingerprint density at radius 3 is 2.47 bits per heavy atom. The molecule has 1 aromatic rings. The van der Waals surface area contributed by atoms with Crippen LogP contribution in [0.3, 0.4) is 0 Å². The number of ether oxygens (including phenoxy) is 2. The number of hydrogen-bond acceptors (Lipinski definition) is 5. The van der Waals surface area contributed by atoms with Crippen molar-refractivity contribution in [3.63, 3.8) is 0 Å². The predicted octanol–water partition coefficient (Wildman–Crippen LogP) is 4.24. The molecule has 1 aromatic heterocycles. The first-order valence-electron chi connectivity index (χ1n) is 11.5. The van der Waals surface area contributed by atoms with E-state index >= 15 is 0 Å². The SMILES string of the molecule is CCOCCCN=C(NCCc1ccco1)NC1CCC(NC(=O)OC(C)(C)C)CC1.I. The summed E-state index contributed by atoms with van der Waals surface area (Å²) in [5, 5.41) is 9.97. The van der Waals surface area contributed by atoms with Crippen LogP contribution in [0.5, 0.6) is 0 Å². The van der Waals surface area contributed by atoms with Crippen molar-refractivity contribution in [1.82, 2.24) is 16.0 Å². The predicted molar refractivity (Wildman–Crippen MR) is 138 cm³/mol. The Kier molecular flexibility index (Phi) is 13.7. The molecule has 0 radical (unpaired) electrons. The van der Waals surface area contributed by atoms with Crippen LogP contribution in [-0.2, 0) is 15.9 Å². The standard InChI is InChI=1S/C23H40N4O4.HI/c1-5-29-16-7-14-24-21(25-15-13-20-8-6-17-30-20)26-18-9-11-19(12-10-18)27-22(28)31-23(2,3)4;/h6,8,17-19H,5,7,9-16H2,1-4H3,(H,27,28)(H2,24,25,26);1H. The average molecular weight is 565 g/mol. The Balaban J connectivity index is 0.00000512. The molecule has 0 aliphatic heterocycles. The number of nitrogens with one attached hydrogen (secondary N) is 3. The summed E-state index contributed by atoms with van der Waals surface area (Å²) in [4.78, 5) is 16.7. The second kappa shape index (κ2) is 15.4. The minimum atomic E-state index is -0.475. The Bertz CT molecular complexity index is 653. The summed E-state index contributed by atoms with van der Waals surface area (Å²) in [7, 11) is 0. The molecule has 9 heteroatoms. The number of amides is 1. The fraction of sp³-hybridized carbons (Fsp3) is 0.739. The van der Waals surface area contributed by atoms with E-state index in [0.717, 1.165) is 70.0 Å². The van der Waals surface area contributed by atoms with E-state index in [9.17, 15) is 4.79 Å². The number of hydrogen-bond donors (Lipinski definition) is 3. The van der Waals surface area contributed by atoms with E-state index in [4.69, 9.17) is 18.9 Å². The van der Waals surface area contributed by atoms with Gasteiger partial charge in [0.25, 0.3) is 0 Å². The molecule has 1 saturated carbocycles. The van der Waals surface area contributed by atoms with Gasteiger partial charge in [-0.3, -0.25) is 4.99 Å². The van der Waals surface area contributed by atoms with Crippen molar-refractivity contribution in [1.29, 1.82) is 0 Å². The zero-order valence-electron chi connectivity index (χ0n) is 19.9. The van der Waals surface area contributed by atoms with E-state index in [1.165, 1.54) is 0 Å². The first kappa shape index (κ1) is 28.5. The summed E-state index contributed by atoms with van der Waals surface area (Å²) in [5.74, 6) is 1.78. The zero-order chi connectivity index (χ0) is 22.5. The third-order valence-corrected chi connectivity index (χ3v) is 4.95.